The summed E-state index contributed by atoms with van der Waals surface area (Å²) in [6, 6.07) is 18.1. The van der Waals surface area contributed by atoms with Crippen molar-refractivity contribution in [3.8, 4) is 0 Å². The molecule has 0 bridgehead atoms. The van der Waals surface area contributed by atoms with Gasteiger partial charge in [0.15, 0.2) is 0 Å². The van der Waals surface area contributed by atoms with Gasteiger partial charge in [0.05, 0.1) is 6.54 Å². The van der Waals surface area contributed by atoms with E-state index in [0.29, 0.717) is 12.6 Å². The van der Waals surface area contributed by atoms with Gasteiger partial charge in [-0.05, 0) is 43.7 Å². The van der Waals surface area contributed by atoms with Crippen molar-refractivity contribution in [3.63, 3.8) is 0 Å². The van der Waals surface area contributed by atoms with Crippen LogP contribution in [-0.2, 0) is 11.3 Å². The van der Waals surface area contributed by atoms with E-state index >= 15 is 0 Å². The van der Waals surface area contributed by atoms with Crippen LogP contribution in [0, 0.1) is 0 Å². The molecule has 2 aromatic carbocycles. The van der Waals surface area contributed by atoms with Crippen LogP contribution >= 0.6 is 15.9 Å². The molecule has 0 unspecified atom stereocenters. The third kappa shape index (κ3) is 5.28. The largest absolute Gasteiger partial charge is 0.325 e. The van der Waals surface area contributed by atoms with Crippen LogP contribution in [0.3, 0.4) is 0 Å². The normalized spacial score (nSPS) is 11.0. The number of carbonyl (C=O) groups excluding carboxylic acids is 1. The number of benzene rings is 2. The van der Waals surface area contributed by atoms with Crippen LogP contribution in [0.2, 0.25) is 0 Å². The van der Waals surface area contributed by atoms with Crippen molar-refractivity contribution >= 4 is 27.5 Å². The molecule has 1 N–H and O–H groups in total. The second-order valence-electron chi connectivity index (χ2n) is 5.54. The van der Waals surface area contributed by atoms with Gasteiger partial charge >= 0.3 is 0 Å². The van der Waals surface area contributed by atoms with Gasteiger partial charge in [-0.25, -0.2) is 0 Å². The first-order valence-electron chi connectivity index (χ1n) is 7.38. The van der Waals surface area contributed by atoms with Crippen LogP contribution < -0.4 is 5.32 Å². The highest BCUT2D eigenvalue weighted by Gasteiger charge is 2.14. The molecule has 116 valence electrons. The zero-order valence-electron chi connectivity index (χ0n) is 12.9. The molecule has 0 saturated carbocycles. The minimum absolute atomic E-state index is 0.00644. The Morgan fingerprint density at radius 2 is 1.73 bits per heavy atom. The van der Waals surface area contributed by atoms with Gasteiger partial charge in [-0.1, -0.05) is 46.3 Å². The highest BCUT2D eigenvalue weighted by molar-refractivity contribution is 9.10. The lowest BCUT2D eigenvalue weighted by atomic mass is 10.2. The molecule has 2 rings (SSSR count). The highest BCUT2D eigenvalue weighted by Crippen LogP contribution is 2.14. The van der Waals surface area contributed by atoms with Gasteiger partial charge in [-0.3, -0.25) is 9.69 Å². The number of hydrogen-bond acceptors (Lipinski definition) is 2. The van der Waals surface area contributed by atoms with Crippen LogP contribution in [0.25, 0.3) is 0 Å². The molecule has 0 aromatic heterocycles. The number of rotatable bonds is 6. The first kappa shape index (κ1) is 16.7. The fourth-order valence-electron chi connectivity index (χ4n) is 2.16. The van der Waals surface area contributed by atoms with Gasteiger partial charge in [0, 0.05) is 22.7 Å². The van der Waals surface area contributed by atoms with Crippen LogP contribution in [0.5, 0.6) is 0 Å². The lowest BCUT2D eigenvalue weighted by Gasteiger charge is -2.25. The Balaban J connectivity index is 1.95. The lowest BCUT2D eigenvalue weighted by Crippen LogP contribution is -2.37. The van der Waals surface area contributed by atoms with Gasteiger partial charge in [-0.15, -0.1) is 0 Å². The van der Waals surface area contributed by atoms with E-state index in [1.807, 2.05) is 42.5 Å². The van der Waals surface area contributed by atoms with Crippen molar-refractivity contribution in [3.05, 3.63) is 64.6 Å². The molecular weight excluding hydrogens is 340 g/mol. The molecule has 0 radical (unpaired) electrons. The molecule has 0 aliphatic rings. The number of anilines is 1. The zero-order valence-corrected chi connectivity index (χ0v) is 14.5. The smallest absolute Gasteiger partial charge is 0.238 e. The molecule has 0 heterocycles. The number of nitrogens with zero attached hydrogens (tertiary/aromatic N) is 1. The number of hydrogen-bond donors (Lipinski definition) is 1. The average molecular weight is 361 g/mol. The molecule has 1 amide bonds. The summed E-state index contributed by atoms with van der Waals surface area (Å²) in [6.07, 6.45) is 0. The van der Waals surface area contributed by atoms with Gasteiger partial charge in [0.2, 0.25) is 5.91 Å². The second kappa shape index (κ2) is 8.11. The number of amides is 1. The van der Waals surface area contributed by atoms with Crippen LogP contribution in [0.4, 0.5) is 5.69 Å². The SMILES string of the molecule is CC(C)N(CC(=O)Nc1ccc(Br)cc1)Cc1ccccc1. The average Bonchev–Trinajstić information content (AvgIpc) is 2.50. The molecule has 3 nitrogen and oxygen atoms in total. The van der Waals surface area contributed by atoms with Crippen molar-refractivity contribution in [2.75, 3.05) is 11.9 Å². The van der Waals surface area contributed by atoms with Crippen molar-refractivity contribution < 1.29 is 4.79 Å². The molecular formula is C18H21BrN2O. The standard InChI is InChI=1S/C18H21BrN2O/c1-14(2)21(12-15-6-4-3-5-7-15)13-18(22)20-17-10-8-16(19)9-11-17/h3-11,14H,12-13H2,1-2H3,(H,20,22). The lowest BCUT2D eigenvalue weighted by molar-refractivity contribution is -0.117. The van der Waals surface area contributed by atoms with E-state index in [1.54, 1.807) is 0 Å². The Hall–Kier alpha value is -1.65. The summed E-state index contributed by atoms with van der Waals surface area (Å²) in [7, 11) is 0. The van der Waals surface area contributed by atoms with Gasteiger partial charge in [0.25, 0.3) is 0 Å². The summed E-state index contributed by atoms with van der Waals surface area (Å²) in [4.78, 5) is 14.4. The summed E-state index contributed by atoms with van der Waals surface area (Å²) in [6.45, 7) is 5.36. The number of halogens is 1. The maximum atomic E-state index is 12.2. The zero-order chi connectivity index (χ0) is 15.9. The van der Waals surface area contributed by atoms with Gasteiger partial charge < -0.3 is 5.32 Å². The minimum atomic E-state index is 0.00644. The van der Waals surface area contributed by atoms with E-state index in [9.17, 15) is 4.79 Å². The van der Waals surface area contributed by atoms with Crippen molar-refractivity contribution in [1.82, 2.24) is 4.90 Å². The van der Waals surface area contributed by atoms with E-state index in [0.717, 1.165) is 16.7 Å². The molecule has 0 spiro atoms. The monoisotopic (exact) mass is 360 g/mol. The molecule has 2 aromatic rings. The second-order valence-corrected chi connectivity index (χ2v) is 6.46. The topological polar surface area (TPSA) is 32.3 Å². The van der Waals surface area contributed by atoms with E-state index in [1.165, 1.54) is 5.56 Å². The third-order valence-electron chi connectivity index (χ3n) is 3.43. The third-order valence-corrected chi connectivity index (χ3v) is 3.96. The Morgan fingerprint density at radius 3 is 2.32 bits per heavy atom. The molecule has 22 heavy (non-hydrogen) atoms. The molecule has 0 saturated heterocycles. The van der Waals surface area contributed by atoms with Crippen LogP contribution in [-0.4, -0.2) is 23.4 Å². The summed E-state index contributed by atoms with van der Waals surface area (Å²) in [5, 5.41) is 2.94. The van der Waals surface area contributed by atoms with Crippen molar-refractivity contribution in [2.24, 2.45) is 0 Å². The Morgan fingerprint density at radius 1 is 1.09 bits per heavy atom. The first-order chi connectivity index (χ1) is 10.5. The Kier molecular flexibility index (Phi) is 6.16. The van der Waals surface area contributed by atoms with E-state index in [-0.39, 0.29) is 5.91 Å². The molecule has 0 aliphatic carbocycles. The number of carbonyl (C=O) groups is 1. The summed E-state index contributed by atoms with van der Waals surface area (Å²) < 4.78 is 0.999. The Bertz CT molecular complexity index is 596. The summed E-state index contributed by atoms with van der Waals surface area (Å²) >= 11 is 3.39. The fraction of sp³-hybridized carbons (Fsp3) is 0.278. The van der Waals surface area contributed by atoms with Crippen molar-refractivity contribution in [2.45, 2.75) is 26.4 Å². The summed E-state index contributed by atoms with van der Waals surface area (Å²) in [5.74, 6) is 0.00644. The van der Waals surface area contributed by atoms with E-state index < -0.39 is 0 Å². The van der Waals surface area contributed by atoms with E-state index in [2.05, 4.69) is 52.1 Å². The summed E-state index contributed by atoms with van der Waals surface area (Å²) in [5.41, 5.74) is 2.03. The maximum absolute atomic E-state index is 12.2. The quantitative estimate of drug-likeness (QED) is 0.832. The van der Waals surface area contributed by atoms with Crippen LogP contribution in [0.15, 0.2) is 59.1 Å². The molecule has 4 heteroatoms. The van der Waals surface area contributed by atoms with Crippen LogP contribution in [0.1, 0.15) is 19.4 Å². The molecule has 0 fully saturated rings. The van der Waals surface area contributed by atoms with Crippen molar-refractivity contribution in [1.29, 1.82) is 0 Å². The number of nitrogens with one attached hydrogen (secondary N) is 1. The Labute approximate surface area is 140 Å². The molecule has 0 atom stereocenters. The van der Waals surface area contributed by atoms with Gasteiger partial charge in [-0.2, -0.15) is 0 Å². The highest BCUT2D eigenvalue weighted by atomic mass is 79.9. The molecule has 0 aliphatic heterocycles. The predicted molar refractivity (Wildman–Crippen MR) is 94.8 cm³/mol. The maximum Gasteiger partial charge on any atom is 0.238 e. The van der Waals surface area contributed by atoms with Gasteiger partial charge in [0.1, 0.15) is 0 Å². The predicted octanol–water partition coefficient (Wildman–Crippen LogP) is 4.30. The van der Waals surface area contributed by atoms with E-state index in [4.69, 9.17) is 0 Å². The first-order valence-corrected chi connectivity index (χ1v) is 8.17. The minimum Gasteiger partial charge on any atom is -0.325 e. The fourth-order valence-corrected chi connectivity index (χ4v) is 2.42.